The second-order valence-electron chi connectivity index (χ2n) is 2.17. The predicted molar refractivity (Wildman–Crippen MR) is 36.7 cm³/mol. The van der Waals surface area contributed by atoms with Crippen LogP contribution in [-0.4, -0.2) is 0 Å². The van der Waals surface area contributed by atoms with Crippen molar-refractivity contribution in [3.05, 3.63) is 23.8 Å². The third-order valence-corrected chi connectivity index (χ3v) is 1.23. The highest BCUT2D eigenvalue weighted by molar-refractivity contribution is 5.33. The van der Waals surface area contributed by atoms with Crippen LogP contribution in [0.1, 0.15) is 26.2 Å². The normalized spacial score (nSPS) is 16.9. The Hall–Kier alpha value is -0.520. The topological polar surface area (TPSA) is 0 Å². The molecule has 0 N–H and O–H groups in total. The minimum absolute atomic E-state index is 1.23. The zero-order chi connectivity index (χ0) is 5.82. The monoisotopic (exact) mass is 108 g/mol. The summed E-state index contributed by atoms with van der Waals surface area (Å²) in [5.74, 6) is 0. The van der Waals surface area contributed by atoms with Crippen molar-refractivity contribution in [2.24, 2.45) is 0 Å². The first-order valence-electron chi connectivity index (χ1n) is 3.29. The largest absolute Gasteiger partial charge is 0.0843 e. The van der Waals surface area contributed by atoms with Crippen LogP contribution in [0.15, 0.2) is 23.8 Å². The summed E-state index contributed by atoms with van der Waals surface area (Å²) in [6.07, 6.45) is 10.5. The van der Waals surface area contributed by atoms with Crippen molar-refractivity contribution in [2.75, 3.05) is 0 Å². The van der Waals surface area contributed by atoms with Crippen LogP contribution in [0.5, 0.6) is 0 Å². The Balaban J connectivity index is 2.05. The quantitative estimate of drug-likeness (QED) is 0.521. The van der Waals surface area contributed by atoms with Crippen LogP contribution in [0, 0.1) is 0 Å². The van der Waals surface area contributed by atoms with Gasteiger partial charge >= 0.3 is 0 Å². The van der Waals surface area contributed by atoms with Gasteiger partial charge in [0.2, 0.25) is 0 Å². The molecule has 1 rings (SSSR count). The van der Waals surface area contributed by atoms with Crippen LogP contribution in [0.25, 0.3) is 0 Å². The fraction of sp³-hybridized carbons (Fsp3) is 0.500. The molecule has 0 aliphatic heterocycles. The van der Waals surface area contributed by atoms with Gasteiger partial charge in [0.15, 0.2) is 0 Å². The first kappa shape index (κ1) is 5.61. The second-order valence-corrected chi connectivity index (χ2v) is 2.17. The number of rotatable bonds is 3. The average molecular weight is 108 g/mol. The van der Waals surface area contributed by atoms with Gasteiger partial charge in [0, 0.05) is 0 Å². The van der Waals surface area contributed by atoms with Gasteiger partial charge in [-0.1, -0.05) is 31.6 Å². The molecule has 0 aromatic heterocycles. The summed E-state index contributed by atoms with van der Waals surface area (Å²) in [6, 6.07) is 0. The van der Waals surface area contributed by atoms with Gasteiger partial charge in [-0.15, -0.1) is 0 Å². The second kappa shape index (κ2) is 2.71. The maximum Gasteiger partial charge on any atom is -0.00947 e. The lowest BCUT2D eigenvalue weighted by Gasteiger charge is -1.79. The van der Waals surface area contributed by atoms with Gasteiger partial charge in [-0.2, -0.15) is 0 Å². The number of unbranched alkanes of at least 4 members (excludes halogenated alkanes) is 1. The Kier molecular flexibility index (Phi) is 1.90. The first-order valence-corrected chi connectivity index (χ1v) is 3.29. The van der Waals surface area contributed by atoms with E-state index in [1.807, 2.05) is 0 Å². The van der Waals surface area contributed by atoms with Crippen LogP contribution >= 0.6 is 0 Å². The molecule has 0 radical (unpaired) electrons. The molecule has 8 heavy (non-hydrogen) atoms. The Morgan fingerprint density at radius 3 is 3.00 bits per heavy atom. The van der Waals surface area contributed by atoms with Crippen LogP contribution in [0.3, 0.4) is 0 Å². The molecule has 0 aromatic carbocycles. The predicted octanol–water partition coefficient (Wildman–Crippen LogP) is 2.67. The van der Waals surface area contributed by atoms with E-state index in [-0.39, 0.29) is 0 Å². The van der Waals surface area contributed by atoms with E-state index in [0.717, 1.165) is 0 Å². The lowest BCUT2D eigenvalue weighted by Crippen LogP contribution is -1.58. The Morgan fingerprint density at radius 1 is 1.75 bits per heavy atom. The number of hydrogen-bond acceptors (Lipinski definition) is 0. The van der Waals surface area contributed by atoms with Crippen LogP contribution in [0.2, 0.25) is 0 Å². The molecule has 0 fully saturated rings. The molecule has 0 heterocycles. The van der Waals surface area contributed by atoms with Crippen molar-refractivity contribution in [1.82, 2.24) is 0 Å². The molecule has 0 saturated heterocycles. The molecule has 0 spiro atoms. The molecule has 0 aromatic rings. The van der Waals surface area contributed by atoms with Crippen LogP contribution in [0.4, 0.5) is 0 Å². The van der Waals surface area contributed by atoms with E-state index in [2.05, 4.69) is 25.2 Å². The van der Waals surface area contributed by atoms with Gasteiger partial charge in [-0.25, -0.2) is 0 Å². The Labute approximate surface area is 50.9 Å². The number of hydrogen-bond donors (Lipinski definition) is 0. The van der Waals surface area contributed by atoms with Gasteiger partial charge in [-0.3, -0.25) is 0 Å². The van der Waals surface area contributed by atoms with E-state index < -0.39 is 0 Å². The molecular formula is C8H12. The van der Waals surface area contributed by atoms with Crippen molar-refractivity contribution in [3.63, 3.8) is 0 Å². The van der Waals surface area contributed by atoms with E-state index in [4.69, 9.17) is 0 Å². The minimum atomic E-state index is 1.23. The zero-order valence-corrected chi connectivity index (χ0v) is 5.35. The zero-order valence-electron chi connectivity index (χ0n) is 5.35. The summed E-state index contributed by atoms with van der Waals surface area (Å²) in [7, 11) is 0. The van der Waals surface area contributed by atoms with Crippen molar-refractivity contribution >= 4 is 0 Å². The smallest absolute Gasteiger partial charge is 0.00947 e. The standard InChI is InChI=1S/C8H12/c1-2-3-4-5-8-6-7-8/h4-6H,2-3,7H2,1H3. The lowest BCUT2D eigenvalue weighted by molar-refractivity contribution is 0.958. The number of allylic oxidation sites excluding steroid dienone is 4. The van der Waals surface area contributed by atoms with Crippen molar-refractivity contribution in [2.45, 2.75) is 26.2 Å². The van der Waals surface area contributed by atoms with E-state index >= 15 is 0 Å². The molecule has 0 amide bonds. The molecule has 0 unspecified atom stereocenters. The summed E-state index contributed by atoms with van der Waals surface area (Å²) in [5, 5.41) is 0. The molecule has 0 saturated carbocycles. The summed E-state index contributed by atoms with van der Waals surface area (Å²) in [5.41, 5.74) is 1.51. The lowest BCUT2D eigenvalue weighted by atomic mass is 10.3. The van der Waals surface area contributed by atoms with Gasteiger partial charge in [0.1, 0.15) is 0 Å². The van der Waals surface area contributed by atoms with E-state index in [9.17, 15) is 0 Å². The summed E-state index contributed by atoms with van der Waals surface area (Å²) in [6.45, 7) is 2.20. The highest BCUT2D eigenvalue weighted by atomic mass is 14.0. The summed E-state index contributed by atoms with van der Waals surface area (Å²) in [4.78, 5) is 0. The maximum atomic E-state index is 2.25. The molecule has 0 heteroatoms. The fourth-order valence-corrected chi connectivity index (χ4v) is 0.596. The van der Waals surface area contributed by atoms with Gasteiger partial charge < -0.3 is 0 Å². The van der Waals surface area contributed by atoms with Gasteiger partial charge in [0.25, 0.3) is 0 Å². The SMILES string of the molecule is CCCC=CC1=CC1. The highest BCUT2D eigenvalue weighted by Gasteiger charge is 1.99. The van der Waals surface area contributed by atoms with E-state index in [1.165, 1.54) is 24.8 Å². The molecule has 0 bridgehead atoms. The maximum absolute atomic E-state index is 2.25. The van der Waals surface area contributed by atoms with Crippen molar-refractivity contribution < 1.29 is 0 Å². The third-order valence-electron chi connectivity index (χ3n) is 1.23. The fourth-order valence-electron chi connectivity index (χ4n) is 0.596. The van der Waals surface area contributed by atoms with Crippen LogP contribution in [-0.2, 0) is 0 Å². The molecule has 1 aliphatic carbocycles. The van der Waals surface area contributed by atoms with Gasteiger partial charge in [-0.05, 0) is 18.4 Å². The van der Waals surface area contributed by atoms with Crippen molar-refractivity contribution in [1.29, 1.82) is 0 Å². The average Bonchev–Trinajstić information content (AvgIpc) is 2.51. The first-order chi connectivity index (χ1) is 3.93. The molecule has 0 nitrogen and oxygen atoms in total. The molecular weight excluding hydrogens is 96.1 g/mol. The molecule has 0 atom stereocenters. The molecule has 44 valence electrons. The molecule has 1 aliphatic rings. The Morgan fingerprint density at radius 2 is 2.50 bits per heavy atom. The highest BCUT2D eigenvalue weighted by Crippen LogP contribution is 2.19. The van der Waals surface area contributed by atoms with Gasteiger partial charge in [0.05, 0.1) is 0 Å². The minimum Gasteiger partial charge on any atom is -0.0843 e. The van der Waals surface area contributed by atoms with Crippen molar-refractivity contribution in [3.8, 4) is 0 Å². The van der Waals surface area contributed by atoms with E-state index in [1.54, 1.807) is 0 Å². The Bertz CT molecular complexity index is 118. The van der Waals surface area contributed by atoms with Crippen LogP contribution < -0.4 is 0 Å². The third kappa shape index (κ3) is 1.97. The van der Waals surface area contributed by atoms with E-state index in [0.29, 0.717) is 0 Å². The summed E-state index contributed by atoms with van der Waals surface area (Å²) < 4.78 is 0. The summed E-state index contributed by atoms with van der Waals surface area (Å²) >= 11 is 0.